The van der Waals surface area contributed by atoms with Crippen LogP contribution in [0.25, 0.3) is 0 Å². The van der Waals surface area contributed by atoms with Crippen LogP contribution in [0.5, 0.6) is 0 Å². The lowest BCUT2D eigenvalue weighted by Gasteiger charge is -2.08. The van der Waals surface area contributed by atoms with Crippen LogP contribution in [-0.4, -0.2) is 30.0 Å². The Kier molecular flexibility index (Phi) is 5.33. The van der Waals surface area contributed by atoms with Gasteiger partial charge in [-0.2, -0.15) is 0 Å². The zero-order valence-electron chi connectivity index (χ0n) is 12.7. The van der Waals surface area contributed by atoms with E-state index in [-0.39, 0.29) is 16.5 Å². The number of benzene rings is 1. The van der Waals surface area contributed by atoms with Crippen molar-refractivity contribution in [2.45, 2.75) is 25.4 Å². The Morgan fingerprint density at radius 2 is 2.09 bits per heavy atom. The van der Waals surface area contributed by atoms with Crippen molar-refractivity contribution in [2.24, 2.45) is 0 Å². The monoisotopic (exact) mass is 353 g/mol. The maximum atomic E-state index is 12.3. The van der Waals surface area contributed by atoms with Gasteiger partial charge >= 0.3 is 0 Å². The Bertz CT molecular complexity index is 838. The van der Waals surface area contributed by atoms with Gasteiger partial charge < -0.3 is 5.32 Å². The lowest BCUT2D eigenvalue weighted by Crippen LogP contribution is -2.18. The second kappa shape index (κ2) is 7.06. The van der Waals surface area contributed by atoms with Crippen LogP contribution in [0.4, 0.5) is 5.69 Å². The van der Waals surface area contributed by atoms with E-state index >= 15 is 0 Å². The van der Waals surface area contributed by atoms with Crippen LogP contribution >= 0.6 is 11.6 Å². The molecule has 0 atom stereocenters. The van der Waals surface area contributed by atoms with Gasteiger partial charge in [0.1, 0.15) is 0 Å². The SMILES string of the molecule is CCCS(=O)(=O)c1ncc(Cl)c(C(=O)Nc2cccc(C)c2)n1. The number of hydrogen-bond acceptors (Lipinski definition) is 5. The van der Waals surface area contributed by atoms with E-state index in [9.17, 15) is 13.2 Å². The molecule has 1 aromatic carbocycles. The van der Waals surface area contributed by atoms with Crippen LogP contribution in [0.3, 0.4) is 0 Å². The highest BCUT2D eigenvalue weighted by Crippen LogP contribution is 2.18. The van der Waals surface area contributed by atoms with Gasteiger partial charge in [-0.15, -0.1) is 0 Å². The highest BCUT2D eigenvalue weighted by atomic mass is 35.5. The Hall–Kier alpha value is -1.99. The summed E-state index contributed by atoms with van der Waals surface area (Å²) in [5.74, 6) is -0.677. The molecule has 0 aliphatic carbocycles. The molecule has 6 nitrogen and oxygen atoms in total. The molecule has 2 rings (SSSR count). The Balaban J connectivity index is 2.33. The van der Waals surface area contributed by atoms with E-state index in [0.717, 1.165) is 11.8 Å². The lowest BCUT2D eigenvalue weighted by atomic mass is 10.2. The van der Waals surface area contributed by atoms with Crippen LogP contribution in [0.15, 0.2) is 35.6 Å². The van der Waals surface area contributed by atoms with Crippen molar-refractivity contribution in [2.75, 3.05) is 11.1 Å². The molecule has 2 aromatic rings. The summed E-state index contributed by atoms with van der Waals surface area (Å²) in [6, 6.07) is 7.18. The summed E-state index contributed by atoms with van der Waals surface area (Å²) in [5, 5.41) is 2.24. The first-order valence-electron chi connectivity index (χ1n) is 6.97. The van der Waals surface area contributed by atoms with Gasteiger partial charge in [-0.3, -0.25) is 4.79 Å². The van der Waals surface area contributed by atoms with E-state index in [2.05, 4.69) is 15.3 Å². The fourth-order valence-electron chi connectivity index (χ4n) is 1.93. The van der Waals surface area contributed by atoms with E-state index in [1.54, 1.807) is 25.1 Å². The van der Waals surface area contributed by atoms with Gasteiger partial charge in [0.05, 0.1) is 17.0 Å². The molecule has 0 bridgehead atoms. The Labute approximate surface area is 139 Å². The largest absolute Gasteiger partial charge is 0.321 e. The van der Waals surface area contributed by atoms with Gasteiger partial charge in [0, 0.05) is 5.69 Å². The second-order valence-corrected chi connectivity index (χ2v) is 7.40. The summed E-state index contributed by atoms with van der Waals surface area (Å²) in [7, 11) is -3.62. The minimum absolute atomic E-state index is 0.00870. The van der Waals surface area contributed by atoms with Crippen molar-refractivity contribution in [3.63, 3.8) is 0 Å². The average molecular weight is 354 g/mol. The van der Waals surface area contributed by atoms with Crippen molar-refractivity contribution in [3.05, 3.63) is 46.7 Å². The molecule has 0 fully saturated rings. The van der Waals surface area contributed by atoms with Crippen molar-refractivity contribution < 1.29 is 13.2 Å². The molecular weight excluding hydrogens is 338 g/mol. The number of aromatic nitrogens is 2. The van der Waals surface area contributed by atoms with Crippen molar-refractivity contribution in [1.29, 1.82) is 0 Å². The molecule has 0 aliphatic heterocycles. The van der Waals surface area contributed by atoms with Gasteiger partial charge in [0.25, 0.3) is 5.91 Å². The number of amides is 1. The smallest absolute Gasteiger partial charge is 0.275 e. The number of sulfone groups is 1. The second-order valence-electron chi connectivity index (χ2n) is 4.99. The number of halogens is 1. The standard InChI is InChI=1S/C15H16ClN3O3S/c1-3-7-23(21,22)15-17-9-12(16)13(19-15)14(20)18-11-6-4-5-10(2)8-11/h4-6,8-9H,3,7H2,1-2H3,(H,18,20). The molecule has 1 N–H and O–H groups in total. The number of hydrogen-bond donors (Lipinski definition) is 1. The molecule has 0 saturated heterocycles. The molecule has 0 spiro atoms. The lowest BCUT2D eigenvalue weighted by molar-refractivity contribution is 0.102. The number of nitrogens with one attached hydrogen (secondary N) is 1. The van der Waals surface area contributed by atoms with E-state index < -0.39 is 20.9 Å². The van der Waals surface area contributed by atoms with E-state index in [1.165, 1.54) is 0 Å². The number of rotatable bonds is 5. The zero-order valence-corrected chi connectivity index (χ0v) is 14.3. The number of nitrogens with zero attached hydrogens (tertiary/aromatic N) is 2. The third-order valence-electron chi connectivity index (χ3n) is 2.96. The normalized spacial score (nSPS) is 11.3. The molecule has 0 aliphatic rings. The highest BCUT2D eigenvalue weighted by molar-refractivity contribution is 7.91. The third-order valence-corrected chi connectivity index (χ3v) is 4.94. The number of aryl methyl sites for hydroxylation is 1. The van der Waals surface area contributed by atoms with E-state index in [1.807, 2.05) is 13.0 Å². The van der Waals surface area contributed by atoms with Gasteiger partial charge in [-0.05, 0) is 31.0 Å². The average Bonchev–Trinajstić information content (AvgIpc) is 2.47. The molecular formula is C15H16ClN3O3S. The maximum Gasteiger partial charge on any atom is 0.275 e. The van der Waals surface area contributed by atoms with E-state index in [4.69, 9.17) is 11.6 Å². The van der Waals surface area contributed by atoms with Crippen LogP contribution < -0.4 is 5.32 Å². The van der Waals surface area contributed by atoms with Crippen molar-refractivity contribution in [3.8, 4) is 0 Å². The molecule has 0 saturated carbocycles. The minimum Gasteiger partial charge on any atom is -0.321 e. The Morgan fingerprint density at radius 1 is 1.35 bits per heavy atom. The molecule has 1 heterocycles. The molecule has 1 amide bonds. The van der Waals surface area contributed by atoms with Crippen LogP contribution in [0.1, 0.15) is 29.4 Å². The predicted molar refractivity (Wildman–Crippen MR) is 88.5 cm³/mol. The van der Waals surface area contributed by atoms with Gasteiger partial charge in [0.2, 0.25) is 15.0 Å². The molecule has 8 heteroatoms. The minimum atomic E-state index is -3.62. The maximum absolute atomic E-state index is 12.3. The molecule has 1 aromatic heterocycles. The molecule has 0 unspecified atom stereocenters. The van der Waals surface area contributed by atoms with Crippen molar-refractivity contribution in [1.82, 2.24) is 9.97 Å². The Morgan fingerprint density at radius 3 is 2.74 bits per heavy atom. The van der Waals surface area contributed by atoms with Gasteiger partial charge in [0.15, 0.2) is 5.69 Å². The fraction of sp³-hybridized carbons (Fsp3) is 0.267. The van der Waals surface area contributed by atoms with E-state index in [0.29, 0.717) is 12.1 Å². The first-order valence-corrected chi connectivity index (χ1v) is 9.00. The quantitative estimate of drug-likeness (QED) is 0.835. The first kappa shape index (κ1) is 17.4. The molecule has 122 valence electrons. The third kappa shape index (κ3) is 4.27. The summed E-state index contributed by atoms with van der Waals surface area (Å²) in [4.78, 5) is 19.9. The molecule has 23 heavy (non-hydrogen) atoms. The van der Waals surface area contributed by atoms with Crippen molar-refractivity contribution >= 4 is 33.0 Å². The summed E-state index contributed by atoms with van der Waals surface area (Å²) in [6.07, 6.45) is 1.56. The van der Waals surface area contributed by atoms with Crippen LogP contribution in [0, 0.1) is 6.92 Å². The summed E-state index contributed by atoms with van der Waals surface area (Å²) >= 11 is 5.94. The number of carbonyl (C=O) groups excluding carboxylic acids is 1. The topological polar surface area (TPSA) is 89.0 Å². The fourth-order valence-corrected chi connectivity index (χ4v) is 3.27. The summed E-state index contributed by atoms with van der Waals surface area (Å²) in [5.41, 5.74) is 1.38. The van der Waals surface area contributed by atoms with Gasteiger partial charge in [-0.1, -0.05) is 30.7 Å². The first-order chi connectivity index (χ1) is 10.8. The summed E-state index contributed by atoms with van der Waals surface area (Å²) in [6.45, 7) is 3.63. The number of anilines is 1. The predicted octanol–water partition coefficient (Wildman–Crippen LogP) is 2.87. The molecule has 0 radical (unpaired) electrons. The van der Waals surface area contributed by atoms with Gasteiger partial charge in [-0.25, -0.2) is 18.4 Å². The number of carbonyl (C=O) groups is 1. The zero-order chi connectivity index (χ0) is 17.0. The van der Waals surface area contributed by atoms with Crippen LogP contribution in [0.2, 0.25) is 5.02 Å². The highest BCUT2D eigenvalue weighted by Gasteiger charge is 2.21. The summed E-state index contributed by atoms with van der Waals surface area (Å²) < 4.78 is 24.0. The van der Waals surface area contributed by atoms with Crippen LogP contribution in [-0.2, 0) is 9.84 Å².